The molecular formula is C30H39BrN4O3. The summed E-state index contributed by atoms with van der Waals surface area (Å²) < 4.78 is 8.45. The summed E-state index contributed by atoms with van der Waals surface area (Å²) in [6.45, 7) is 8.58. The number of unbranched alkanes of at least 4 members (excludes halogenated alkanes) is 1. The summed E-state index contributed by atoms with van der Waals surface area (Å²) in [5.74, 6) is -0.0817. The number of carbonyl (C=O) groups is 2. The first-order valence-corrected chi connectivity index (χ1v) is 13.9. The summed E-state index contributed by atoms with van der Waals surface area (Å²) in [4.78, 5) is 30.2. The van der Waals surface area contributed by atoms with E-state index in [-0.39, 0.29) is 18.5 Å². The van der Waals surface area contributed by atoms with Crippen LogP contribution in [0.3, 0.4) is 0 Å². The highest BCUT2D eigenvalue weighted by Gasteiger charge is 2.22. The van der Waals surface area contributed by atoms with Crippen molar-refractivity contribution in [3.05, 3.63) is 87.7 Å². The van der Waals surface area contributed by atoms with Crippen molar-refractivity contribution in [2.45, 2.75) is 46.7 Å². The molecule has 0 spiro atoms. The Hall–Kier alpha value is -3.10. The predicted molar refractivity (Wildman–Crippen MR) is 156 cm³/mol. The van der Waals surface area contributed by atoms with Gasteiger partial charge in [-0.3, -0.25) is 4.79 Å². The van der Waals surface area contributed by atoms with Crippen molar-refractivity contribution in [3.8, 4) is 0 Å². The summed E-state index contributed by atoms with van der Waals surface area (Å²) >= 11 is 3.49. The molecule has 0 saturated carbocycles. The summed E-state index contributed by atoms with van der Waals surface area (Å²) in [5.41, 5.74) is 5.09. The minimum absolute atomic E-state index is 0.0166. The normalized spacial score (nSPS) is 10.9. The van der Waals surface area contributed by atoms with Crippen LogP contribution in [0.25, 0.3) is 0 Å². The molecule has 3 amide bonds. The Labute approximate surface area is 234 Å². The number of nitrogens with one attached hydrogen (secondary N) is 1. The molecule has 0 fully saturated rings. The van der Waals surface area contributed by atoms with Crippen LogP contribution in [0.5, 0.6) is 0 Å². The Bertz CT molecular complexity index is 1190. The number of amides is 3. The molecular weight excluding hydrogens is 544 g/mol. The number of anilines is 1. The molecule has 3 aromatic rings. The molecule has 0 radical (unpaired) electrons. The van der Waals surface area contributed by atoms with Crippen molar-refractivity contribution in [3.63, 3.8) is 0 Å². The van der Waals surface area contributed by atoms with Crippen LogP contribution in [0.4, 0.5) is 10.5 Å². The molecule has 7 nitrogen and oxygen atoms in total. The van der Waals surface area contributed by atoms with Crippen LogP contribution < -0.4 is 5.32 Å². The zero-order valence-electron chi connectivity index (χ0n) is 22.9. The predicted octanol–water partition coefficient (Wildman–Crippen LogP) is 6.22. The zero-order chi connectivity index (χ0) is 27.5. The molecule has 0 atom stereocenters. The summed E-state index contributed by atoms with van der Waals surface area (Å²) in [6.07, 6.45) is 3.92. The van der Waals surface area contributed by atoms with Gasteiger partial charge in [-0.25, -0.2) is 4.79 Å². The lowest BCUT2D eigenvalue weighted by atomic mass is 10.1. The number of methoxy groups -OCH3 is 1. The lowest BCUT2D eigenvalue weighted by Crippen LogP contribution is -2.46. The number of hydrogen-bond acceptors (Lipinski definition) is 3. The van der Waals surface area contributed by atoms with Gasteiger partial charge in [0.15, 0.2) is 0 Å². The molecule has 3 rings (SSSR count). The van der Waals surface area contributed by atoms with Crippen molar-refractivity contribution >= 4 is 33.6 Å². The molecule has 1 aromatic heterocycles. The van der Waals surface area contributed by atoms with Crippen LogP contribution in [0.1, 0.15) is 42.1 Å². The highest BCUT2D eigenvalue weighted by molar-refractivity contribution is 9.10. The third kappa shape index (κ3) is 8.74. The molecule has 204 valence electrons. The van der Waals surface area contributed by atoms with Crippen molar-refractivity contribution in [2.75, 3.05) is 38.7 Å². The van der Waals surface area contributed by atoms with Crippen molar-refractivity contribution in [1.82, 2.24) is 14.4 Å². The summed E-state index contributed by atoms with van der Waals surface area (Å²) in [7, 11) is 1.59. The van der Waals surface area contributed by atoms with Crippen LogP contribution in [0.15, 0.2) is 65.3 Å². The van der Waals surface area contributed by atoms with Crippen molar-refractivity contribution in [1.29, 1.82) is 0 Å². The van der Waals surface area contributed by atoms with Gasteiger partial charge in [-0.05, 0) is 61.7 Å². The van der Waals surface area contributed by atoms with Crippen LogP contribution in [-0.2, 0) is 22.6 Å². The van der Waals surface area contributed by atoms with Crippen molar-refractivity contribution in [2.24, 2.45) is 0 Å². The first-order valence-electron chi connectivity index (χ1n) is 13.1. The van der Waals surface area contributed by atoms with Crippen LogP contribution in [0, 0.1) is 13.8 Å². The molecule has 0 aliphatic carbocycles. The van der Waals surface area contributed by atoms with E-state index in [1.54, 1.807) is 7.11 Å². The highest BCUT2D eigenvalue weighted by Crippen LogP contribution is 2.18. The first-order chi connectivity index (χ1) is 18.3. The largest absolute Gasteiger partial charge is 0.383 e. The number of rotatable bonds is 13. The molecule has 0 aliphatic rings. The van der Waals surface area contributed by atoms with Crippen LogP contribution in [-0.4, -0.2) is 59.7 Å². The molecule has 0 unspecified atom stereocenters. The third-order valence-electron chi connectivity index (χ3n) is 6.48. The van der Waals surface area contributed by atoms with Gasteiger partial charge in [0.1, 0.15) is 6.54 Å². The van der Waals surface area contributed by atoms with E-state index in [1.807, 2.05) is 61.3 Å². The zero-order valence-corrected chi connectivity index (χ0v) is 24.5. The fourth-order valence-corrected chi connectivity index (χ4v) is 4.50. The van der Waals surface area contributed by atoms with E-state index in [2.05, 4.69) is 50.9 Å². The number of nitrogens with zero attached hydrogens (tertiary/aromatic N) is 3. The van der Waals surface area contributed by atoms with E-state index in [4.69, 9.17) is 4.74 Å². The second-order valence-electron chi connectivity index (χ2n) is 9.59. The van der Waals surface area contributed by atoms with Gasteiger partial charge in [-0.1, -0.05) is 59.1 Å². The number of carbonyl (C=O) groups excluding carboxylic acids is 2. The van der Waals surface area contributed by atoms with Gasteiger partial charge in [0.2, 0.25) is 5.91 Å². The lowest BCUT2D eigenvalue weighted by molar-refractivity contribution is -0.132. The van der Waals surface area contributed by atoms with Gasteiger partial charge < -0.3 is 24.4 Å². The molecule has 1 heterocycles. The summed E-state index contributed by atoms with van der Waals surface area (Å²) in [6, 6.07) is 17.9. The number of benzene rings is 2. The van der Waals surface area contributed by atoms with Gasteiger partial charge in [-0.15, -0.1) is 0 Å². The van der Waals surface area contributed by atoms with Gasteiger partial charge >= 0.3 is 6.03 Å². The maximum Gasteiger partial charge on any atom is 0.322 e. The highest BCUT2D eigenvalue weighted by atomic mass is 79.9. The Morgan fingerprint density at radius 1 is 1.03 bits per heavy atom. The molecule has 38 heavy (non-hydrogen) atoms. The Balaban J connectivity index is 1.73. The fourth-order valence-electron chi connectivity index (χ4n) is 4.24. The number of hydrogen-bond donors (Lipinski definition) is 1. The number of aryl methyl sites for hydroxylation is 2. The van der Waals surface area contributed by atoms with E-state index in [0.717, 1.165) is 46.4 Å². The topological polar surface area (TPSA) is 66.8 Å². The van der Waals surface area contributed by atoms with Crippen LogP contribution >= 0.6 is 15.9 Å². The first kappa shape index (κ1) is 29.5. The second kappa shape index (κ2) is 14.7. The summed E-state index contributed by atoms with van der Waals surface area (Å²) in [5, 5.41) is 2.97. The average Bonchev–Trinajstić information content (AvgIpc) is 3.33. The average molecular weight is 584 g/mol. The van der Waals surface area contributed by atoms with E-state index in [0.29, 0.717) is 26.2 Å². The molecule has 8 heteroatoms. The van der Waals surface area contributed by atoms with Gasteiger partial charge in [0, 0.05) is 48.8 Å². The van der Waals surface area contributed by atoms with E-state index >= 15 is 0 Å². The molecule has 0 bridgehead atoms. The standard InChI is InChI=1S/C30H39BrN4O3/c1-5-6-15-34(21-27-8-7-16-33(27)20-25-10-12-26(31)13-11-25)29(36)22-35(17-18-38-4)30(37)32-28-14-9-23(2)19-24(28)3/h7-14,16,19H,5-6,15,17-18,20-22H2,1-4H3,(H,32,37). The Morgan fingerprint density at radius 2 is 1.79 bits per heavy atom. The van der Waals surface area contributed by atoms with Gasteiger partial charge in [0.05, 0.1) is 13.2 Å². The lowest BCUT2D eigenvalue weighted by Gasteiger charge is -2.28. The third-order valence-corrected chi connectivity index (χ3v) is 7.01. The fraction of sp³-hybridized carbons (Fsp3) is 0.400. The minimum atomic E-state index is -0.309. The van der Waals surface area contributed by atoms with Crippen molar-refractivity contribution < 1.29 is 14.3 Å². The quantitative estimate of drug-likeness (QED) is 0.260. The van der Waals surface area contributed by atoms with Crippen LogP contribution in [0.2, 0.25) is 0 Å². The van der Waals surface area contributed by atoms with E-state index < -0.39 is 0 Å². The molecule has 0 saturated heterocycles. The number of urea groups is 1. The second-order valence-corrected chi connectivity index (χ2v) is 10.5. The maximum absolute atomic E-state index is 13.6. The SMILES string of the molecule is CCCCN(Cc1cccn1Cc1ccc(Br)cc1)C(=O)CN(CCOC)C(=O)Nc1ccc(C)cc1C. The van der Waals surface area contributed by atoms with E-state index in [1.165, 1.54) is 10.5 Å². The number of ether oxygens (including phenoxy) is 1. The maximum atomic E-state index is 13.6. The Kier molecular flexibility index (Phi) is 11.4. The Morgan fingerprint density at radius 3 is 2.47 bits per heavy atom. The monoisotopic (exact) mass is 582 g/mol. The molecule has 2 aromatic carbocycles. The molecule has 0 aliphatic heterocycles. The number of halogens is 1. The van der Waals surface area contributed by atoms with Gasteiger partial charge in [-0.2, -0.15) is 0 Å². The van der Waals surface area contributed by atoms with E-state index in [9.17, 15) is 9.59 Å². The number of aromatic nitrogens is 1. The van der Waals surface area contributed by atoms with Gasteiger partial charge in [0.25, 0.3) is 0 Å². The minimum Gasteiger partial charge on any atom is -0.383 e. The molecule has 1 N–H and O–H groups in total. The smallest absolute Gasteiger partial charge is 0.322 e.